The van der Waals surface area contributed by atoms with Gasteiger partial charge in [-0.25, -0.2) is 0 Å². The molecule has 0 aromatic carbocycles. The van der Waals surface area contributed by atoms with E-state index in [-0.39, 0.29) is 0 Å². The van der Waals surface area contributed by atoms with Gasteiger partial charge in [0.15, 0.2) is 0 Å². The molecule has 2 saturated carbocycles. The summed E-state index contributed by atoms with van der Waals surface area (Å²) in [6.07, 6.45) is 10.7. The summed E-state index contributed by atoms with van der Waals surface area (Å²) in [6, 6.07) is 0. The molecule has 2 fully saturated rings. The molecule has 0 aromatic rings. The molecule has 2 aliphatic rings. The number of fused-ring (bicyclic) bond motifs is 1. The van der Waals surface area contributed by atoms with E-state index < -0.39 is 0 Å². The van der Waals surface area contributed by atoms with Crippen molar-refractivity contribution >= 4 is 0 Å². The molecule has 2 radical (unpaired) electrons. The fourth-order valence-electron chi connectivity index (χ4n) is 2.02. The van der Waals surface area contributed by atoms with E-state index >= 15 is 0 Å². The lowest BCUT2D eigenvalue weighted by molar-refractivity contribution is 0.509. The third-order valence-corrected chi connectivity index (χ3v) is 2.50. The first-order chi connectivity index (χ1) is 3.97. The summed E-state index contributed by atoms with van der Waals surface area (Å²) in [4.78, 5) is 0. The zero-order chi connectivity index (χ0) is 5.40. The Morgan fingerprint density at radius 3 is 2.12 bits per heavy atom. The highest BCUT2D eigenvalue weighted by molar-refractivity contribution is 5.02. The monoisotopic (exact) mass is 108 g/mol. The lowest BCUT2D eigenvalue weighted by Gasteiger charge is -2.04. The van der Waals surface area contributed by atoms with Gasteiger partial charge in [-0.2, -0.15) is 0 Å². The van der Waals surface area contributed by atoms with Crippen LogP contribution >= 0.6 is 0 Å². The standard InChI is InChI=1S/C8H12/c1-3-7-5-2-6-8(7)4-1/h3,5,7-8H,1-2,4,6H2. The molecule has 0 heterocycles. The highest BCUT2D eigenvalue weighted by Gasteiger charge is 2.31. The SMILES string of the molecule is [CH]1CCC2CC[CH]C12. The molecule has 2 aliphatic carbocycles. The van der Waals surface area contributed by atoms with E-state index in [1.807, 2.05) is 0 Å². The van der Waals surface area contributed by atoms with Crippen LogP contribution in [0.1, 0.15) is 25.7 Å². The molecule has 8 heavy (non-hydrogen) atoms. The molecule has 2 rings (SSSR count). The van der Waals surface area contributed by atoms with Crippen LogP contribution in [0, 0.1) is 24.7 Å². The smallest absolute Gasteiger partial charge is 0.0323 e. The van der Waals surface area contributed by atoms with Crippen molar-refractivity contribution in [3.05, 3.63) is 12.8 Å². The second-order valence-corrected chi connectivity index (χ2v) is 2.96. The summed E-state index contributed by atoms with van der Waals surface area (Å²) in [5, 5.41) is 0. The van der Waals surface area contributed by atoms with Crippen molar-refractivity contribution in [3.63, 3.8) is 0 Å². The van der Waals surface area contributed by atoms with Gasteiger partial charge in [0.25, 0.3) is 0 Å². The van der Waals surface area contributed by atoms with Crippen LogP contribution in [0.3, 0.4) is 0 Å². The molecule has 0 saturated heterocycles. The van der Waals surface area contributed by atoms with Crippen LogP contribution in [0.4, 0.5) is 0 Å². The molecule has 0 amide bonds. The third-order valence-electron chi connectivity index (χ3n) is 2.50. The first kappa shape index (κ1) is 4.84. The summed E-state index contributed by atoms with van der Waals surface area (Å²) in [7, 11) is 0. The van der Waals surface area contributed by atoms with Crippen LogP contribution in [-0.4, -0.2) is 0 Å². The number of hydrogen-bond acceptors (Lipinski definition) is 0. The summed E-state index contributed by atoms with van der Waals surface area (Å²) in [5.41, 5.74) is 0. The molecule has 0 bridgehead atoms. The molecule has 0 spiro atoms. The van der Waals surface area contributed by atoms with E-state index in [0.29, 0.717) is 0 Å². The molecular weight excluding hydrogens is 96.1 g/mol. The highest BCUT2D eigenvalue weighted by atomic mass is 14.4. The molecule has 0 atom stereocenters. The van der Waals surface area contributed by atoms with Crippen LogP contribution in [0.25, 0.3) is 0 Å². The Bertz CT molecular complexity index is 66.0. The first-order valence-corrected chi connectivity index (χ1v) is 3.63. The quantitative estimate of drug-likeness (QED) is 0.446. The minimum atomic E-state index is 0.926. The molecule has 44 valence electrons. The second kappa shape index (κ2) is 1.75. The lowest BCUT2D eigenvalue weighted by Crippen LogP contribution is -1.96. The van der Waals surface area contributed by atoms with Gasteiger partial charge in [-0.05, 0) is 50.4 Å². The molecular formula is C8H12. The zero-order valence-electron chi connectivity index (χ0n) is 5.14. The molecule has 0 heteroatoms. The van der Waals surface area contributed by atoms with Gasteiger partial charge in [-0.15, -0.1) is 0 Å². The van der Waals surface area contributed by atoms with Gasteiger partial charge < -0.3 is 0 Å². The Morgan fingerprint density at radius 1 is 1.00 bits per heavy atom. The van der Waals surface area contributed by atoms with E-state index in [4.69, 9.17) is 0 Å². The van der Waals surface area contributed by atoms with Crippen molar-refractivity contribution < 1.29 is 0 Å². The van der Waals surface area contributed by atoms with E-state index in [9.17, 15) is 0 Å². The molecule has 0 aromatic heterocycles. The van der Waals surface area contributed by atoms with Crippen LogP contribution in [0.2, 0.25) is 0 Å². The Morgan fingerprint density at radius 2 is 1.62 bits per heavy atom. The largest absolute Gasteiger partial charge is 0.0499 e. The predicted molar refractivity (Wildman–Crippen MR) is 34.0 cm³/mol. The number of rotatable bonds is 0. The van der Waals surface area contributed by atoms with Crippen molar-refractivity contribution in [1.29, 1.82) is 0 Å². The summed E-state index contributed by atoms with van der Waals surface area (Å²) in [6.45, 7) is 0. The molecule has 0 N–H and O–H groups in total. The fourth-order valence-corrected chi connectivity index (χ4v) is 2.02. The van der Waals surface area contributed by atoms with Crippen LogP contribution in [0.15, 0.2) is 0 Å². The minimum absolute atomic E-state index is 0.926. The lowest BCUT2D eigenvalue weighted by atomic mass is 10.0. The summed E-state index contributed by atoms with van der Waals surface area (Å²) < 4.78 is 0. The van der Waals surface area contributed by atoms with Gasteiger partial charge in [0.2, 0.25) is 0 Å². The summed E-state index contributed by atoms with van der Waals surface area (Å²) in [5.74, 6) is 1.99. The highest BCUT2D eigenvalue weighted by Crippen LogP contribution is 2.42. The van der Waals surface area contributed by atoms with Gasteiger partial charge in [-0.1, -0.05) is 0 Å². The maximum absolute atomic E-state index is 2.48. The predicted octanol–water partition coefficient (Wildman–Crippen LogP) is 2.21. The van der Waals surface area contributed by atoms with Crippen LogP contribution in [-0.2, 0) is 0 Å². The third kappa shape index (κ3) is 0.586. The maximum Gasteiger partial charge on any atom is -0.0323 e. The van der Waals surface area contributed by atoms with Crippen molar-refractivity contribution in [2.24, 2.45) is 11.8 Å². The topological polar surface area (TPSA) is 0 Å². The molecule has 0 aliphatic heterocycles. The Kier molecular flexibility index (Phi) is 1.06. The zero-order valence-corrected chi connectivity index (χ0v) is 5.14. The first-order valence-electron chi connectivity index (χ1n) is 3.63. The van der Waals surface area contributed by atoms with Gasteiger partial charge in [0.05, 0.1) is 0 Å². The Hall–Kier alpha value is 0. The normalized spacial score (nSPS) is 45.0. The summed E-state index contributed by atoms with van der Waals surface area (Å²) >= 11 is 0. The minimum Gasteiger partial charge on any atom is -0.0499 e. The van der Waals surface area contributed by atoms with Crippen molar-refractivity contribution in [2.75, 3.05) is 0 Å². The molecule has 0 nitrogen and oxygen atoms in total. The van der Waals surface area contributed by atoms with E-state index in [2.05, 4.69) is 12.8 Å². The van der Waals surface area contributed by atoms with Gasteiger partial charge >= 0.3 is 0 Å². The van der Waals surface area contributed by atoms with E-state index in [1.54, 1.807) is 0 Å². The van der Waals surface area contributed by atoms with Crippen LogP contribution in [0.5, 0.6) is 0 Å². The van der Waals surface area contributed by atoms with Gasteiger partial charge in [-0.3, -0.25) is 0 Å². The van der Waals surface area contributed by atoms with Crippen LogP contribution < -0.4 is 0 Å². The fraction of sp³-hybridized carbons (Fsp3) is 0.750. The van der Waals surface area contributed by atoms with Gasteiger partial charge in [0, 0.05) is 0 Å². The Balaban J connectivity index is 2.04. The molecule has 0 unspecified atom stereocenters. The van der Waals surface area contributed by atoms with Crippen molar-refractivity contribution in [2.45, 2.75) is 25.7 Å². The average Bonchev–Trinajstić information content (AvgIpc) is 2.15. The van der Waals surface area contributed by atoms with Gasteiger partial charge in [0.1, 0.15) is 0 Å². The number of hydrogen-bond donors (Lipinski definition) is 0. The Labute approximate surface area is 51.3 Å². The van der Waals surface area contributed by atoms with Crippen molar-refractivity contribution in [3.8, 4) is 0 Å². The second-order valence-electron chi connectivity index (χ2n) is 2.96. The van der Waals surface area contributed by atoms with E-state index in [1.165, 1.54) is 25.7 Å². The maximum atomic E-state index is 2.48. The average molecular weight is 108 g/mol. The van der Waals surface area contributed by atoms with E-state index in [0.717, 1.165) is 11.8 Å². The van der Waals surface area contributed by atoms with Crippen molar-refractivity contribution in [1.82, 2.24) is 0 Å².